The fourth-order valence-electron chi connectivity index (χ4n) is 4.36. The lowest BCUT2D eigenvalue weighted by atomic mass is 10.1. The zero-order valence-corrected chi connectivity index (χ0v) is 16.7. The van der Waals surface area contributed by atoms with Gasteiger partial charge in [0.1, 0.15) is 0 Å². The summed E-state index contributed by atoms with van der Waals surface area (Å²) in [7, 11) is 1.61. The molecule has 2 saturated heterocycles. The van der Waals surface area contributed by atoms with Crippen LogP contribution in [0, 0.1) is 0 Å². The molecule has 0 aromatic carbocycles. The summed E-state index contributed by atoms with van der Waals surface area (Å²) in [6, 6.07) is 3.58. The summed E-state index contributed by atoms with van der Waals surface area (Å²) in [6.45, 7) is 2.79. The Balaban J connectivity index is 1.57. The van der Waals surface area contributed by atoms with Gasteiger partial charge in [0.15, 0.2) is 5.65 Å². The van der Waals surface area contributed by atoms with E-state index in [2.05, 4.69) is 4.98 Å². The third kappa shape index (κ3) is 3.78. The third-order valence-electron chi connectivity index (χ3n) is 5.85. The van der Waals surface area contributed by atoms with Crippen molar-refractivity contribution in [1.82, 2.24) is 23.9 Å². The first-order valence-corrected chi connectivity index (χ1v) is 10.2. The van der Waals surface area contributed by atoms with Crippen LogP contribution in [0.4, 0.5) is 0 Å². The van der Waals surface area contributed by atoms with Gasteiger partial charge in [-0.15, -0.1) is 0 Å². The van der Waals surface area contributed by atoms with Crippen LogP contribution >= 0.6 is 0 Å². The Morgan fingerprint density at radius 1 is 1.28 bits per heavy atom. The van der Waals surface area contributed by atoms with Crippen molar-refractivity contribution in [3.63, 3.8) is 0 Å². The molecule has 0 radical (unpaired) electrons. The van der Waals surface area contributed by atoms with Crippen LogP contribution in [0.3, 0.4) is 0 Å². The van der Waals surface area contributed by atoms with Crippen molar-refractivity contribution in [2.45, 2.75) is 38.3 Å². The second-order valence-corrected chi connectivity index (χ2v) is 7.70. The molecule has 2 aromatic heterocycles. The van der Waals surface area contributed by atoms with E-state index in [0.717, 1.165) is 24.8 Å². The molecule has 2 amide bonds. The second kappa shape index (κ2) is 8.36. The molecule has 1 atom stereocenters. The van der Waals surface area contributed by atoms with E-state index < -0.39 is 0 Å². The van der Waals surface area contributed by atoms with Crippen LogP contribution in [0.25, 0.3) is 11.2 Å². The smallest absolute Gasteiger partial charge is 0.330 e. The van der Waals surface area contributed by atoms with Crippen molar-refractivity contribution in [3.05, 3.63) is 28.8 Å². The zero-order valence-electron chi connectivity index (χ0n) is 16.7. The number of nitrogens with zero attached hydrogens (tertiary/aromatic N) is 5. The molecule has 0 bridgehead atoms. The lowest BCUT2D eigenvalue weighted by Gasteiger charge is -2.34. The van der Waals surface area contributed by atoms with Crippen molar-refractivity contribution >= 4 is 23.0 Å². The number of fused-ring (bicyclic) bond motifs is 1. The highest BCUT2D eigenvalue weighted by atomic mass is 16.5. The minimum atomic E-state index is -0.129. The molecule has 9 heteroatoms. The standard InChI is InChI=1S/C20H27N5O4/c1-29-12-11-24-16-6-2-8-21-19(16)25(20(24)28)15-5-3-9-22(13-15)18(27)14-23-10-4-7-17(23)26/h2,6,8,15H,3-5,7,9-14H2,1H3/t15-/m0/s1. The van der Waals surface area contributed by atoms with E-state index in [1.165, 1.54) is 0 Å². The van der Waals surface area contributed by atoms with Crippen molar-refractivity contribution < 1.29 is 14.3 Å². The van der Waals surface area contributed by atoms with Gasteiger partial charge < -0.3 is 14.5 Å². The van der Waals surface area contributed by atoms with Gasteiger partial charge in [-0.3, -0.25) is 18.7 Å². The Morgan fingerprint density at radius 2 is 2.14 bits per heavy atom. The summed E-state index contributed by atoms with van der Waals surface area (Å²) in [5.41, 5.74) is 1.30. The number of ether oxygens (including phenoxy) is 1. The first kappa shape index (κ1) is 19.6. The number of likely N-dealkylation sites (tertiary alicyclic amines) is 2. The van der Waals surface area contributed by atoms with Gasteiger partial charge in [0.2, 0.25) is 11.8 Å². The second-order valence-electron chi connectivity index (χ2n) is 7.70. The van der Waals surface area contributed by atoms with Crippen LogP contribution in [0.2, 0.25) is 0 Å². The molecule has 0 spiro atoms. The molecule has 0 aliphatic carbocycles. The predicted octanol–water partition coefficient (Wildman–Crippen LogP) is 0.630. The topological polar surface area (TPSA) is 89.7 Å². The first-order chi connectivity index (χ1) is 14.1. The summed E-state index contributed by atoms with van der Waals surface area (Å²) < 4.78 is 8.57. The fraction of sp³-hybridized carbons (Fsp3) is 0.600. The van der Waals surface area contributed by atoms with Gasteiger partial charge in [0.25, 0.3) is 0 Å². The molecule has 0 unspecified atom stereocenters. The molecule has 29 heavy (non-hydrogen) atoms. The van der Waals surface area contributed by atoms with Gasteiger partial charge in [0.05, 0.1) is 31.3 Å². The molecular weight excluding hydrogens is 374 g/mol. The van der Waals surface area contributed by atoms with E-state index in [4.69, 9.17) is 4.74 Å². The summed E-state index contributed by atoms with van der Waals surface area (Å²) >= 11 is 0. The SMILES string of the molecule is COCCn1c(=O)n([C@H]2CCCN(C(=O)CN3CCCC3=O)C2)c2ncccc21. The summed E-state index contributed by atoms with van der Waals surface area (Å²) in [4.78, 5) is 45.7. The van der Waals surface area contributed by atoms with E-state index in [1.54, 1.807) is 32.2 Å². The van der Waals surface area contributed by atoms with E-state index >= 15 is 0 Å². The van der Waals surface area contributed by atoms with E-state index in [-0.39, 0.29) is 30.1 Å². The van der Waals surface area contributed by atoms with Crippen molar-refractivity contribution in [3.8, 4) is 0 Å². The third-order valence-corrected chi connectivity index (χ3v) is 5.85. The van der Waals surface area contributed by atoms with Gasteiger partial charge in [-0.2, -0.15) is 0 Å². The van der Waals surface area contributed by atoms with Crippen LogP contribution in [0.1, 0.15) is 31.7 Å². The quantitative estimate of drug-likeness (QED) is 0.708. The number of amides is 2. The predicted molar refractivity (Wildman–Crippen MR) is 107 cm³/mol. The molecule has 4 heterocycles. The number of hydrogen-bond acceptors (Lipinski definition) is 5. The van der Waals surface area contributed by atoms with Crippen LogP contribution in [-0.4, -0.2) is 75.6 Å². The van der Waals surface area contributed by atoms with Crippen LogP contribution in [-0.2, 0) is 20.9 Å². The molecule has 2 aromatic rings. The molecule has 0 saturated carbocycles. The van der Waals surface area contributed by atoms with Gasteiger partial charge in [-0.25, -0.2) is 9.78 Å². The number of aromatic nitrogens is 3. The normalized spacial score (nSPS) is 20.0. The molecule has 2 fully saturated rings. The minimum absolute atomic E-state index is 0.0471. The number of carbonyl (C=O) groups excluding carboxylic acids is 2. The van der Waals surface area contributed by atoms with Crippen molar-refractivity contribution in [2.75, 3.05) is 39.9 Å². The molecule has 4 rings (SSSR count). The highest BCUT2D eigenvalue weighted by Crippen LogP contribution is 2.24. The van der Waals surface area contributed by atoms with Crippen LogP contribution in [0.5, 0.6) is 0 Å². The van der Waals surface area contributed by atoms with Crippen molar-refractivity contribution in [2.24, 2.45) is 0 Å². The first-order valence-electron chi connectivity index (χ1n) is 10.2. The number of methoxy groups -OCH3 is 1. The Bertz CT molecular complexity index is 965. The number of piperidine rings is 1. The van der Waals surface area contributed by atoms with Gasteiger partial charge in [-0.05, 0) is 31.4 Å². The van der Waals surface area contributed by atoms with Crippen LogP contribution in [0.15, 0.2) is 23.1 Å². The maximum atomic E-state index is 13.2. The number of carbonyl (C=O) groups is 2. The molecule has 156 valence electrons. The summed E-state index contributed by atoms with van der Waals surface area (Å²) in [5, 5.41) is 0. The lowest BCUT2D eigenvalue weighted by Crippen LogP contribution is -2.47. The monoisotopic (exact) mass is 401 g/mol. The molecular formula is C20H27N5O4. The largest absolute Gasteiger partial charge is 0.383 e. The zero-order chi connectivity index (χ0) is 20.4. The lowest BCUT2D eigenvalue weighted by molar-refractivity contribution is -0.139. The molecule has 2 aliphatic rings. The average molecular weight is 401 g/mol. The number of pyridine rings is 1. The van der Waals surface area contributed by atoms with E-state index in [0.29, 0.717) is 44.9 Å². The fourth-order valence-corrected chi connectivity index (χ4v) is 4.36. The highest BCUT2D eigenvalue weighted by molar-refractivity contribution is 5.86. The Labute approximate surface area is 168 Å². The van der Waals surface area contributed by atoms with E-state index in [1.807, 2.05) is 12.1 Å². The number of hydrogen-bond donors (Lipinski definition) is 0. The maximum Gasteiger partial charge on any atom is 0.330 e. The Kier molecular flexibility index (Phi) is 5.66. The summed E-state index contributed by atoms with van der Waals surface area (Å²) in [5.74, 6) is 0.00243. The molecule has 0 N–H and O–H groups in total. The van der Waals surface area contributed by atoms with Crippen molar-refractivity contribution in [1.29, 1.82) is 0 Å². The number of imidazole rings is 1. The van der Waals surface area contributed by atoms with E-state index in [9.17, 15) is 14.4 Å². The average Bonchev–Trinajstić information content (AvgIpc) is 3.26. The van der Waals surface area contributed by atoms with Gasteiger partial charge in [-0.1, -0.05) is 0 Å². The minimum Gasteiger partial charge on any atom is -0.383 e. The van der Waals surface area contributed by atoms with Gasteiger partial charge >= 0.3 is 5.69 Å². The highest BCUT2D eigenvalue weighted by Gasteiger charge is 2.30. The van der Waals surface area contributed by atoms with Gasteiger partial charge in [0, 0.05) is 39.4 Å². The Morgan fingerprint density at radius 3 is 2.90 bits per heavy atom. The number of rotatable bonds is 6. The molecule has 2 aliphatic heterocycles. The maximum absolute atomic E-state index is 13.2. The molecule has 9 nitrogen and oxygen atoms in total. The summed E-state index contributed by atoms with van der Waals surface area (Å²) in [6.07, 6.45) is 4.65. The Hall–Kier alpha value is -2.68. The van der Waals surface area contributed by atoms with Crippen LogP contribution < -0.4 is 5.69 Å².